The summed E-state index contributed by atoms with van der Waals surface area (Å²) < 4.78 is 5.46. The molecule has 0 aliphatic carbocycles. The molecule has 0 saturated carbocycles. The molecule has 1 amide bonds. The average molecular weight is 330 g/mol. The van der Waals surface area contributed by atoms with E-state index in [-0.39, 0.29) is 17.9 Å². The van der Waals surface area contributed by atoms with Gasteiger partial charge in [-0.1, -0.05) is 59.8 Å². The Morgan fingerprint density at radius 3 is 2.09 bits per heavy atom. The molecule has 0 aromatic rings. The minimum absolute atomic E-state index is 0.173. The lowest BCUT2D eigenvalue weighted by Gasteiger charge is -2.29. The van der Waals surface area contributed by atoms with Crippen LogP contribution in [0.1, 0.15) is 79.1 Å². The zero-order valence-corrected chi connectivity index (χ0v) is 15.9. The monoisotopic (exact) mass is 329 g/mol. The van der Waals surface area contributed by atoms with Crippen LogP contribution in [0.2, 0.25) is 0 Å². The van der Waals surface area contributed by atoms with Gasteiger partial charge in [0, 0.05) is 38.3 Å². The first kappa shape index (κ1) is 22.4. The minimum Gasteiger partial charge on any atom is -0.396 e. The van der Waals surface area contributed by atoms with Crippen LogP contribution in [-0.2, 0) is 9.53 Å². The molecule has 0 unspecified atom stereocenters. The van der Waals surface area contributed by atoms with Gasteiger partial charge in [0.05, 0.1) is 0 Å². The second kappa shape index (κ2) is 13.8. The molecule has 0 aliphatic heterocycles. The van der Waals surface area contributed by atoms with E-state index >= 15 is 0 Å². The summed E-state index contributed by atoms with van der Waals surface area (Å²) >= 11 is 0. The van der Waals surface area contributed by atoms with Gasteiger partial charge in [0.1, 0.15) is 0 Å². The fourth-order valence-electron chi connectivity index (χ4n) is 2.50. The summed E-state index contributed by atoms with van der Waals surface area (Å²) in [5.74, 6) is 0.237. The van der Waals surface area contributed by atoms with Crippen molar-refractivity contribution in [3.05, 3.63) is 0 Å². The molecule has 23 heavy (non-hydrogen) atoms. The van der Waals surface area contributed by atoms with E-state index in [2.05, 4.69) is 6.92 Å². The predicted octanol–water partition coefficient (Wildman–Crippen LogP) is 4.01. The van der Waals surface area contributed by atoms with E-state index in [0.717, 1.165) is 25.9 Å². The average Bonchev–Trinajstić information content (AvgIpc) is 2.50. The summed E-state index contributed by atoms with van der Waals surface area (Å²) in [4.78, 5) is 14.6. The fraction of sp³-hybridized carbons (Fsp3) is 0.947. The molecule has 0 saturated heterocycles. The number of hydrogen-bond acceptors (Lipinski definition) is 3. The van der Waals surface area contributed by atoms with Crippen LogP contribution in [0.3, 0.4) is 0 Å². The van der Waals surface area contributed by atoms with Crippen LogP contribution in [0.4, 0.5) is 0 Å². The van der Waals surface area contributed by atoms with E-state index in [1.165, 1.54) is 32.1 Å². The van der Waals surface area contributed by atoms with Crippen molar-refractivity contribution in [2.45, 2.75) is 79.1 Å². The molecule has 0 radical (unpaired) electrons. The second-order valence-corrected chi connectivity index (χ2v) is 7.35. The van der Waals surface area contributed by atoms with E-state index < -0.39 is 0 Å². The molecule has 138 valence electrons. The predicted molar refractivity (Wildman–Crippen MR) is 96.5 cm³/mol. The van der Waals surface area contributed by atoms with Crippen molar-refractivity contribution < 1.29 is 14.6 Å². The van der Waals surface area contributed by atoms with Crippen molar-refractivity contribution in [2.24, 2.45) is 5.41 Å². The molecule has 0 aromatic carbocycles. The molecule has 0 aromatic heterocycles. The zero-order valence-electron chi connectivity index (χ0n) is 15.9. The van der Waals surface area contributed by atoms with Crippen molar-refractivity contribution in [1.82, 2.24) is 4.90 Å². The SMILES string of the molecule is CCCCCCCCN(CCCOCCCO)C(=O)C(C)(C)C. The molecule has 0 heterocycles. The lowest BCUT2D eigenvalue weighted by Crippen LogP contribution is -2.41. The first-order valence-electron chi connectivity index (χ1n) is 9.41. The maximum Gasteiger partial charge on any atom is 0.227 e. The fourth-order valence-corrected chi connectivity index (χ4v) is 2.50. The Morgan fingerprint density at radius 2 is 1.48 bits per heavy atom. The van der Waals surface area contributed by atoms with Gasteiger partial charge in [-0.15, -0.1) is 0 Å². The summed E-state index contributed by atoms with van der Waals surface area (Å²) in [6, 6.07) is 0. The van der Waals surface area contributed by atoms with Crippen LogP contribution in [-0.4, -0.2) is 48.8 Å². The number of aliphatic hydroxyl groups excluding tert-OH is 1. The van der Waals surface area contributed by atoms with Crippen molar-refractivity contribution in [3.8, 4) is 0 Å². The first-order chi connectivity index (χ1) is 10.9. The van der Waals surface area contributed by atoms with Crippen LogP contribution >= 0.6 is 0 Å². The lowest BCUT2D eigenvalue weighted by molar-refractivity contribution is -0.139. The molecular weight excluding hydrogens is 290 g/mol. The number of amides is 1. The van der Waals surface area contributed by atoms with Gasteiger partial charge < -0.3 is 14.7 Å². The van der Waals surface area contributed by atoms with Crippen molar-refractivity contribution in [3.63, 3.8) is 0 Å². The van der Waals surface area contributed by atoms with E-state index in [9.17, 15) is 4.79 Å². The van der Waals surface area contributed by atoms with Gasteiger partial charge in [-0.2, -0.15) is 0 Å². The van der Waals surface area contributed by atoms with Gasteiger partial charge in [-0.05, 0) is 19.3 Å². The van der Waals surface area contributed by atoms with Gasteiger partial charge >= 0.3 is 0 Å². The Kier molecular flexibility index (Phi) is 13.4. The maximum absolute atomic E-state index is 12.5. The lowest BCUT2D eigenvalue weighted by atomic mass is 9.94. The first-order valence-corrected chi connectivity index (χ1v) is 9.41. The smallest absolute Gasteiger partial charge is 0.227 e. The number of aliphatic hydroxyl groups is 1. The number of carbonyl (C=O) groups excluding carboxylic acids is 1. The highest BCUT2D eigenvalue weighted by Gasteiger charge is 2.26. The maximum atomic E-state index is 12.5. The molecule has 0 fully saturated rings. The molecule has 0 spiro atoms. The number of ether oxygens (including phenoxy) is 1. The van der Waals surface area contributed by atoms with Crippen LogP contribution < -0.4 is 0 Å². The molecule has 0 aliphatic rings. The van der Waals surface area contributed by atoms with E-state index in [0.29, 0.717) is 19.6 Å². The Hall–Kier alpha value is -0.610. The van der Waals surface area contributed by atoms with Crippen molar-refractivity contribution in [1.29, 1.82) is 0 Å². The largest absolute Gasteiger partial charge is 0.396 e. The van der Waals surface area contributed by atoms with E-state index in [4.69, 9.17) is 9.84 Å². The molecule has 0 bridgehead atoms. The Labute approximate surface area is 143 Å². The van der Waals surface area contributed by atoms with Gasteiger partial charge in [0.15, 0.2) is 0 Å². The number of rotatable bonds is 14. The molecule has 0 rings (SSSR count). The normalized spacial score (nSPS) is 11.7. The van der Waals surface area contributed by atoms with Crippen LogP contribution in [0, 0.1) is 5.41 Å². The highest BCUT2D eigenvalue weighted by Crippen LogP contribution is 2.18. The van der Waals surface area contributed by atoms with Gasteiger partial charge in [-0.25, -0.2) is 0 Å². The van der Waals surface area contributed by atoms with Crippen molar-refractivity contribution in [2.75, 3.05) is 32.9 Å². The summed E-state index contributed by atoms with van der Waals surface area (Å²) in [6.07, 6.45) is 9.02. The molecule has 4 nitrogen and oxygen atoms in total. The number of hydrogen-bond donors (Lipinski definition) is 1. The molecular formula is C19H39NO3. The Morgan fingerprint density at radius 1 is 0.913 bits per heavy atom. The van der Waals surface area contributed by atoms with E-state index in [1.807, 2.05) is 25.7 Å². The minimum atomic E-state index is -0.319. The molecule has 0 atom stereocenters. The summed E-state index contributed by atoms with van der Waals surface area (Å²) in [7, 11) is 0. The van der Waals surface area contributed by atoms with Gasteiger partial charge in [0.25, 0.3) is 0 Å². The topological polar surface area (TPSA) is 49.8 Å². The third-order valence-electron chi connectivity index (χ3n) is 3.87. The third-order valence-corrected chi connectivity index (χ3v) is 3.87. The van der Waals surface area contributed by atoms with Crippen LogP contribution in [0.5, 0.6) is 0 Å². The van der Waals surface area contributed by atoms with Crippen molar-refractivity contribution >= 4 is 5.91 Å². The van der Waals surface area contributed by atoms with Gasteiger partial charge in [0.2, 0.25) is 5.91 Å². The third kappa shape index (κ3) is 12.5. The van der Waals surface area contributed by atoms with Crippen LogP contribution in [0.25, 0.3) is 0 Å². The van der Waals surface area contributed by atoms with E-state index in [1.54, 1.807) is 0 Å². The number of carbonyl (C=O) groups is 1. The number of nitrogens with zero attached hydrogens (tertiary/aromatic N) is 1. The highest BCUT2D eigenvalue weighted by atomic mass is 16.5. The summed E-state index contributed by atoms with van der Waals surface area (Å²) in [5, 5.41) is 8.71. The summed E-state index contributed by atoms with van der Waals surface area (Å²) in [5.41, 5.74) is -0.319. The highest BCUT2D eigenvalue weighted by molar-refractivity contribution is 5.81. The van der Waals surface area contributed by atoms with Gasteiger partial charge in [-0.3, -0.25) is 4.79 Å². The Bertz CT molecular complexity index is 271. The second-order valence-electron chi connectivity index (χ2n) is 7.35. The quantitative estimate of drug-likeness (QED) is 0.490. The zero-order chi connectivity index (χ0) is 17.6. The standard InChI is InChI=1S/C19H39NO3/c1-5-6-7-8-9-10-13-20(18(22)19(2,3)4)14-11-16-23-17-12-15-21/h21H,5-17H2,1-4H3. The Balaban J connectivity index is 4.07. The van der Waals surface area contributed by atoms with Crippen LogP contribution in [0.15, 0.2) is 0 Å². The molecule has 1 N–H and O–H groups in total. The summed E-state index contributed by atoms with van der Waals surface area (Å²) in [6.45, 7) is 11.2. The number of unbranched alkanes of at least 4 members (excludes halogenated alkanes) is 5. The molecule has 4 heteroatoms.